The van der Waals surface area contributed by atoms with Gasteiger partial charge in [0.15, 0.2) is 0 Å². The lowest BCUT2D eigenvalue weighted by Crippen LogP contribution is -2.53. The number of nitrogens with one attached hydrogen (secondary N) is 1. The number of amides is 1. The van der Waals surface area contributed by atoms with E-state index in [4.69, 9.17) is 0 Å². The van der Waals surface area contributed by atoms with Gasteiger partial charge in [-0.05, 0) is 18.9 Å². The van der Waals surface area contributed by atoms with E-state index < -0.39 is 23.0 Å². The first-order valence-corrected chi connectivity index (χ1v) is 8.18. The standard InChI is InChI=1S/C18H19N3O4/c22-15(19-18(17(24)25)10-4-5-11-18)12-21-16(23)9-8-14(20-21)13-6-2-1-3-7-13/h1-3,6-9H,4-5,10-12H2,(H,19,22)(H,24,25). The van der Waals surface area contributed by atoms with Gasteiger partial charge in [-0.2, -0.15) is 5.10 Å². The van der Waals surface area contributed by atoms with E-state index in [2.05, 4.69) is 10.4 Å². The van der Waals surface area contributed by atoms with Crippen LogP contribution in [0.25, 0.3) is 11.3 Å². The van der Waals surface area contributed by atoms with Crippen LogP contribution in [0.5, 0.6) is 0 Å². The Balaban J connectivity index is 1.79. The lowest BCUT2D eigenvalue weighted by atomic mass is 9.98. The summed E-state index contributed by atoms with van der Waals surface area (Å²) in [6, 6.07) is 12.3. The minimum atomic E-state index is -1.22. The molecule has 0 unspecified atom stereocenters. The average Bonchev–Trinajstić information content (AvgIpc) is 3.07. The second-order valence-electron chi connectivity index (χ2n) is 6.22. The third kappa shape index (κ3) is 3.60. The van der Waals surface area contributed by atoms with E-state index in [0.29, 0.717) is 18.5 Å². The lowest BCUT2D eigenvalue weighted by molar-refractivity contribution is -0.147. The normalized spacial score (nSPS) is 15.7. The van der Waals surface area contributed by atoms with Crippen LogP contribution in [-0.4, -0.2) is 32.3 Å². The summed E-state index contributed by atoms with van der Waals surface area (Å²) in [6.07, 6.45) is 2.32. The molecule has 0 atom stereocenters. The van der Waals surface area contributed by atoms with E-state index in [1.54, 1.807) is 6.07 Å². The maximum absolute atomic E-state index is 12.3. The van der Waals surface area contributed by atoms with E-state index in [1.807, 2.05) is 30.3 Å². The third-order valence-electron chi connectivity index (χ3n) is 4.47. The number of carboxylic acid groups (broad SMARTS) is 1. The molecule has 0 saturated heterocycles. The molecule has 130 valence electrons. The van der Waals surface area contributed by atoms with Gasteiger partial charge in [0.25, 0.3) is 5.56 Å². The van der Waals surface area contributed by atoms with Gasteiger partial charge in [-0.15, -0.1) is 0 Å². The maximum atomic E-state index is 12.3. The summed E-state index contributed by atoms with van der Waals surface area (Å²) >= 11 is 0. The fourth-order valence-electron chi connectivity index (χ4n) is 3.14. The van der Waals surface area contributed by atoms with Crippen LogP contribution >= 0.6 is 0 Å². The van der Waals surface area contributed by atoms with Gasteiger partial charge in [0.05, 0.1) is 5.69 Å². The Morgan fingerprint density at radius 3 is 2.44 bits per heavy atom. The largest absolute Gasteiger partial charge is 0.480 e. The van der Waals surface area contributed by atoms with E-state index in [1.165, 1.54) is 6.07 Å². The van der Waals surface area contributed by atoms with Crippen molar-refractivity contribution in [1.29, 1.82) is 0 Å². The molecule has 1 saturated carbocycles. The van der Waals surface area contributed by atoms with Crippen LogP contribution in [0, 0.1) is 0 Å². The summed E-state index contributed by atoms with van der Waals surface area (Å²) in [6.45, 7) is -0.311. The Morgan fingerprint density at radius 2 is 1.80 bits per heavy atom. The molecule has 1 fully saturated rings. The van der Waals surface area contributed by atoms with Gasteiger partial charge in [-0.1, -0.05) is 43.2 Å². The van der Waals surface area contributed by atoms with Crippen LogP contribution in [0.15, 0.2) is 47.3 Å². The summed E-state index contributed by atoms with van der Waals surface area (Å²) in [5, 5.41) is 16.2. The van der Waals surface area contributed by atoms with Gasteiger partial charge in [-0.3, -0.25) is 9.59 Å². The van der Waals surface area contributed by atoms with Gasteiger partial charge >= 0.3 is 5.97 Å². The smallest absolute Gasteiger partial charge is 0.329 e. The number of aromatic nitrogens is 2. The van der Waals surface area contributed by atoms with Gasteiger partial charge in [-0.25, -0.2) is 9.48 Å². The van der Waals surface area contributed by atoms with Crippen LogP contribution in [0.1, 0.15) is 25.7 Å². The Morgan fingerprint density at radius 1 is 1.12 bits per heavy atom. The number of hydrogen-bond donors (Lipinski definition) is 2. The summed E-state index contributed by atoms with van der Waals surface area (Å²) < 4.78 is 1.06. The number of carboxylic acids is 1. The number of rotatable bonds is 5. The summed E-state index contributed by atoms with van der Waals surface area (Å²) in [7, 11) is 0. The third-order valence-corrected chi connectivity index (χ3v) is 4.47. The number of benzene rings is 1. The molecule has 2 aromatic rings. The lowest BCUT2D eigenvalue weighted by Gasteiger charge is -2.25. The van der Waals surface area contributed by atoms with Crippen LogP contribution in [0.4, 0.5) is 0 Å². The molecule has 0 aliphatic heterocycles. The van der Waals surface area contributed by atoms with Crippen LogP contribution in [0.3, 0.4) is 0 Å². The summed E-state index contributed by atoms with van der Waals surface area (Å²) in [5.41, 5.74) is -0.237. The highest BCUT2D eigenvalue weighted by molar-refractivity contribution is 5.87. The number of nitrogens with zero attached hydrogens (tertiary/aromatic N) is 2. The molecule has 7 heteroatoms. The predicted octanol–water partition coefficient (Wildman–Crippen LogP) is 1.42. The van der Waals surface area contributed by atoms with Crippen molar-refractivity contribution < 1.29 is 14.7 Å². The first-order chi connectivity index (χ1) is 12.0. The van der Waals surface area contributed by atoms with Gasteiger partial charge in [0.2, 0.25) is 5.91 Å². The number of aliphatic carboxylic acids is 1. The highest BCUT2D eigenvalue weighted by Gasteiger charge is 2.42. The number of carbonyl (C=O) groups excluding carboxylic acids is 1. The first kappa shape index (κ1) is 16.9. The van der Waals surface area contributed by atoms with Crippen molar-refractivity contribution in [3.63, 3.8) is 0 Å². The molecule has 0 radical (unpaired) electrons. The van der Waals surface area contributed by atoms with Crippen LogP contribution < -0.4 is 10.9 Å². The van der Waals surface area contributed by atoms with Crippen molar-refractivity contribution in [2.75, 3.05) is 0 Å². The van der Waals surface area contributed by atoms with E-state index in [-0.39, 0.29) is 6.54 Å². The Bertz CT molecular complexity index is 839. The zero-order chi connectivity index (χ0) is 17.9. The molecule has 0 bridgehead atoms. The molecular weight excluding hydrogens is 322 g/mol. The Labute approximate surface area is 144 Å². The number of carbonyl (C=O) groups is 2. The second kappa shape index (κ2) is 6.88. The van der Waals surface area contributed by atoms with Gasteiger partial charge in [0, 0.05) is 11.6 Å². The zero-order valence-corrected chi connectivity index (χ0v) is 13.6. The molecule has 7 nitrogen and oxygen atoms in total. The molecule has 1 aromatic carbocycles. The monoisotopic (exact) mass is 341 g/mol. The highest BCUT2D eigenvalue weighted by Crippen LogP contribution is 2.29. The van der Waals surface area contributed by atoms with Crippen molar-refractivity contribution in [3.05, 3.63) is 52.8 Å². The van der Waals surface area contributed by atoms with Crippen LogP contribution in [-0.2, 0) is 16.1 Å². The van der Waals surface area contributed by atoms with Crippen LogP contribution in [0.2, 0.25) is 0 Å². The SMILES string of the molecule is O=C(Cn1nc(-c2ccccc2)ccc1=O)NC1(C(=O)O)CCCC1. The molecule has 25 heavy (non-hydrogen) atoms. The van der Waals surface area contributed by atoms with Crippen molar-refractivity contribution in [3.8, 4) is 11.3 Å². The molecule has 2 N–H and O–H groups in total. The van der Waals surface area contributed by atoms with Gasteiger partial charge in [0.1, 0.15) is 12.1 Å². The summed E-state index contributed by atoms with van der Waals surface area (Å²) in [5.74, 6) is -1.55. The van der Waals surface area contributed by atoms with Crippen molar-refractivity contribution in [1.82, 2.24) is 15.1 Å². The number of hydrogen-bond acceptors (Lipinski definition) is 4. The fourth-order valence-corrected chi connectivity index (χ4v) is 3.14. The second-order valence-corrected chi connectivity index (χ2v) is 6.22. The Kier molecular flexibility index (Phi) is 4.65. The molecular formula is C18H19N3O4. The fraction of sp³-hybridized carbons (Fsp3) is 0.333. The van der Waals surface area contributed by atoms with E-state index >= 15 is 0 Å². The van der Waals surface area contributed by atoms with Gasteiger partial charge < -0.3 is 10.4 Å². The van der Waals surface area contributed by atoms with Crippen molar-refractivity contribution in [2.45, 2.75) is 37.8 Å². The molecule has 0 spiro atoms. The molecule has 1 aliphatic carbocycles. The zero-order valence-electron chi connectivity index (χ0n) is 13.6. The summed E-state index contributed by atoms with van der Waals surface area (Å²) in [4.78, 5) is 35.8. The molecule has 1 aromatic heterocycles. The Hall–Kier alpha value is -2.96. The maximum Gasteiger partial charge on any atom is 0.329 e. The predicted molar refractivity (Wildman–Crippen MR) is 90.9 cm³/mol. The first-order valence-electron chi connectivity index (χ1n) is 8.18. The average molecular weight is 341 g/mol. The van der Waals surface area contributed by atoms with Crippen molar-refractivity contribution >= 4 is 11.9 Å². The van der Waals surface area contributed by atoms with Crippen molar-refractivity contribution in [2.24, 2.45) is 0 Å². The highest BCUT2D eigenvalue weighted by atomic mass is 16.4. The molecule has 1 aliphatic rings. The topological polar surface area (TPSA) is 101 Å². The quantitative estimate of drug-likeness (QED) is 0.856. The van der Waals surface area contributed by atoms with E-state index in [9.17, 15) is 19.5 Å². The van der Waals surface area contributed by atoms with E-state index in [0.717, 1.165) is 23.1 Å². The molecule has 3 rings (SSSR count). The minimum absolute atomic E-state index is 0.311. The molecule has 1 heterocycles. The minimum Gasteiger partial charge on any atom is -0.480 e. The molecule has 1 amide bonds.